The van der Waals surface area contributed by atoms with Gasteiger partial charge in [0.05, 0.1) is 25.4 Å². The molecular formula is C20H18ClN3O2. The molecule has 0 saturated heterocycles. The van der Waals surface area contributed by atoms with Gasteiger partial charge in [0.1, 0.15) is 11.6 Å². The van der Waals surface area contributed by atoms with E-state index in [2.05, 4.69) is 15.6 Å². The van der Waals surface area contributed by atoms with E-state index < -0.39 is 0 Å². The third kappa shape index (κ3) is 4.97. The van der Waals surface area contributed by atoms with E-state index in [-0.39, 0.29) is 12.3 Å². The van der Waals surface area contributed by atoms with Crippen LogP contribution in [0.4, 0.5) is 17.2 Å². The molecule has 2 aromatic carbocycles. The highest BCUT2D eigenvalue weighted by molar-refractivity contribution is 6.30. The molecule has 1 heterocycles. The second-order valence-corrected chi connectivity index (χ2v) is 6.07. The summed E-state index contributed by atoms with van der Waals surface area (Å²) in [4.78, 5) is 16.4. The molecule has 3 aromatic rings. The monoisotopic (exact) mass is 367 g/mol. The zero-order valence-electron chi connectivity index (χ0n) is 14.2. The molecule has 0 aliphatic rings. The number of pyridine rings is 1. The summed E-state index contributed by atoms with van der Waals surface area (Å²) in [6.07, 6.45) is 1.90. The van der Waals surface area contributed by atoms with Crippen LogP contribution in [0.2, 0.25) is 5.02 Å². The van der Waals surface area contributed by atoms with E-state index in [1.165, 1.54) is 0 Å². The molecule has 1 aromatic heterocycles. The molecule has 0 fully saturated rings. The molecule has 0 spiro atoms. The fourth-order valence-corrected chi connectivity index (χ4v) is 2.48. The van der Waals surface area contributed by atoms with Crippen molar-refractivity contribution in [2.75, 3.05) is 17.7 Å². The van der Waals surface area contributed by atoms with Gasteiger partial charge in [0.15, 0.2) is 0 Å². The number of nitrogens with one attached hydrogen (secondary N) is 2. The molecule has 0 aliphatic heterocycles. The third-order valence-electron chi connectivity index (χ3n) is 3.69. The SMILES string of the molecule is COc1ccc(CC(=O)Nc2ccc(Nc3ccc(Cl)cc3)nc2)cc1. The van der Waals surface area contributed by atoms with Crippen LogP contribution in [-0.4, -0.2) is 18.0 Å². The van der Waals surface area contributed by atoms with Crippen LogP contribution in [0.1, 0.15) is 5.56 Å². The van der Waals surface area contributed by atoms with E-state index in [0.29, 0.717) is 16.5 Å². The van der Waals surface area contributed by atoms with Gasteiger partial charge in [-0.2, -0.15) is 0 Å². The molecule has 0 saturated carbocycles. The Kier molecular flexibility index (Phi) is 5.71. The number of benzene rings is 2. The maximum Gasteiger partial charge on any atom is 0.228 e. The van der Waals surface area contributed by atoms with Crippen LogP contribution < -0.4 is 15.4 Å². The molecule has 132 valence electrons. The van der Waals surface area contributed by atoms with Crippen LogP contribution in [0.3, 0.4) is 0 Å². The summed E-state index contributed by atoms with van der Waals surface area (Å²) in [6.45, 7) is 0. The van der Waals surface area contributed by atoms with Crippen molar-refractivity contribution in [3.05, 3.63) is 77.4 Å². The second kappa shape index (κ2) is 8.36. The van der Waals surface area contributed by atoms with Crippen LogP contribution in [0, 0.1) is 0 Å². The number of hydrogen-bond acceptors (Lipinski definition) is 4. The highest BCUT2D eigenvalue weighted by Gasteiger charge is 2.05. The van der Waals surface area contributed by atoms with Gasteiger partial charge in [0, 0.05) is 10.7 Å². The fraction of sp³-hybridized carbons (Fsp3) is 0.100. The topological polar surface area (TPSA) is 63.2 Å². The van der Waals surface area contributed by atoms with E-state index in [9.17, 15) is 4.79 Å². The maximum atomic E-state index is 12.1. The molecular weight excluding hydrogens is 350 g/mol. The Hall–Kier alpha value is -3.05. The number of nitrogens with zero attached hydrogens (tertiary/aromatic N) is 1. The average Bonchev–Trinajstić information content (AvgIpc) is 2.66. The lowest BCUT2D eigenvalue weighted by Crippen LogP contribution is -2.14. The number of rotatable bonds is 6. The normalized spacial score (nSPS) is 10.2. The highest BCUT2D eigenvalue weighted by Crippen LogP contribution is 2.19. The number of methoxy groups -OCH3 is 1. The Balaban J connectivity index is 1.56. The van der Waals surface area contributed by atoms with Gasteiger partial charge in [0.25, 0.3) is 0 Å². The van der Waals surface area contributed by atoms with Crippen LogP contribution in [-0.2, 0) is 11.2 Å². The molecule has 0 aliphatic carbocycles. The van der Waals surface area contributed by atoms with Crippen molar-refractivity contribution < 1.29 is 9.53 Å². The quantitative estimate of drug-likeness (QED) is 0.664. The largest absolute Gasteiger partial charge is 0.497 e. The molecule has 3 rings (SSSR count). The number of amides is 1. The maximum absolute atomic E-state index is 12.1. The molecule has 2 N–H and O–H groups in total. The summed E-state index contributed by atoms with van der Waals surface area (Å²) in [6, 6.07) is 18.4. The molecule has 0 radical (unpaired) electrons. The lowest BCUT2D eigenvalue weighted by Gasteiger charge is -2.08. The van der Waals surface area contributed by atoms with E-state index in [1.807, 2.05) is 36.4 Å². The predicted molar refractivity (Wildman–Crippen MR) is 104 cm³/mol. The standard InChI is InChI=1S/C20H18ClN3O2/c1-26-18-9-2-14(3-10-18)12-20(25)24-17-8-11-19(22-13-17)23-16-6-4-15(21)5-7-16/h2-11,13H,12H2,1H3,(H,22,23)(H,24,25). The number of carbonyl (C=O) groups is 1. The zero-order valence-corrected chi connectivity index (χ0v) is 15.0. The van der Waals surface area contributed by atoms with Gasteiger partial charge < -0.3 is 15.4 Å². The summed E-state index contributed by atoms with van der Waals surface area (Å²) in [5, 5.41) is 6.69. The first-order valence-electron chi connectivity index (χ1n) is 8.04. The Morgan fingerprint density at radius 3 is 2.31 bits per heavy atom. The van der Waals surface area contributed by atoms with Crippen molar-refractivity contribution in [3.63, 3.8) is 0 Å². The lowest BCUT2D eigenvalue weighted by molar-refractivity contribution is -0.115. The summed E-state index contributed by atoms with van der Waals surface area (Å²) < 4.78 is 5.11. The first-order valence-corrected chi connectivity index (χ1v) is 8.41. The van der Waals surface area contributed by atoms with Crippen molar-refractivity contribution in [1.82, 2.24) is 4.98 Å². The van der Waals surface area contributed by atoms with Crippen molar-refractivity contribution >= 4 is 34.7 Å². The zero-order chi connectivity index (χ0) is 18.4. The van der Waals surface area contributed by atoms with Crippen LogP contribution in [0.5, 0.6) is 5.75 Å². The van der Waals surface area contributed by atoms with Crippen molar-refractivity contribution in [2.45, 2.75) is 6.42 Å². The minimum absolute atomic E-state index is 0.102. The Bertz CT molecular complexity index is 863. The Morgan fingerprint density at radius 2 is 1.69 bits per heavy atom. The average molecular weight is 368 g/mol. The molecule has 0 unspecified atom stereocenters. The van der Waals surface area contributed by atoms with Gasteiger partial charge in [-0.05, 0) is 54.1 Å². The summed E-state index contributed by atoms with van der Waals surface area (Å²) in [5.74, 6) is 1.35. The van der Waals surface area contributed by atoms with Gasteiger partial charge in [-0.3, -0.25) is 4.79 Å². The number of hydrogen-bond donors (Lipinski definition) is 2. The van der Waals surface area contributed by atoms with Crippen LogP contribution in [0.15, 0.2) is 66.9 Å². The fourth-order valence-electron chi connectivity index (χ4n) is 2.36. The molecule has 0 atom stereocenters. The van der Waals surface area contributed by atoms with Gasteiger partial charge in [-0.15, -0.1) is 0 Å². The summed E-state index contributed by atoms with van der Waals surface area (Å²) in [5.41, 5.74) is 2.45. The summed E-state index contributed by atoms with van der Waals surface area (Å²) >= 11 is 5.87. The van der Waals surface area contributed by atoms with Gasteiger partial charge in [0.2, 0.25) is 5.91 Å². The van der Waals surface area contributed by atoms with E-state index >= 15 is 0 Å². The highest BCUT2D eigenvalue weighted by atomic mass is 35.5. The Morgan fingerprint density at radius 1 is 1.00 bits per heavy atom. The second-order valence-electron chi connectivity index (χ2n) is 5.64. The van der Waals surface area contributed by atoms with E-state index in [0.717, 1.165) is 17.0 Å². The van der Waals surface area contributed by atoms with Crippen LogP contribution >= 0.6 is 11.6 Å². The number of halogens is 1. The number of anilines is 3. The first kappa shape index (κ1) is 17.8. The Labute approximate surface area is 157 Å². The minimum atomic E-state index is -0.102. The third-order valence-corrected chi connectivity index (χ3v) is 3.94. The number of carbonyl (C=O) groups excluding carboxylic acids is 1. The molecule has 1 amide bonds. The smallest absolute Gasteiger partial charge is 0.228 e. The molecule has 6 heteroatoms. The van der Waals surface area contributed by atoms with Crippen molar-refractivity contribution in [2.24, 2.45) is 0 Å². The first-order chi connectivity index (χ1) is 12.6. The van der Waals surface area contributed by atoms with E-state index in [4.69, 9.17) is 16.3 Å². The van der Waals surface area contributed by atoms with Crippen molar-refractivity contribution in [3.8, 4) is 5.75 Å². The van der Waals surface area contributed by atoms with E-state index in [1.54, 1.807) is 37.6 Å². The van der Waals surface area contributed by atoms with Crippen molar-refractivity contribution in [1.29, 1.82) is 0 Å². The number of aromatic nitrogens is 1. The van der Waals surface area contributed by atoms with Gasteiger partial charge in [-0.1, -0.05) is 23.7 Å². The summed E-state index contributed by atoms with van der Waals surface area (Å²) in [7, 11) is 1.61. The van der Waals surface area contributed by atoms with Gasteiger partial charge >= 0.3 is 0 Å². The lowest BCUT2D eigenvalue weighted by atomic mass is 10.1. The van der Waals surface area contributed by atoms with Gasteiger partial charge in [-0.25, -0.2) is 4.98 Å². The number of ether oxygens (including phenoxy) is 1. The molecule has 0 bridgehead atoms. The predicted octanol–water partition coefficient (Wildman–Crippen LogP) is 4.67. The molecule has 26 heavy (non-hydrogen) atoms. The molecule has 5 nitrogen and oxygen atoms in total. The van der Waals surface area contributed by atoms with Crippen LogP contribution in [0.25, 0.3) is 0 Å². The minimum Gasteiger partial charge on any atom is -0.497 e.